The molecule has 7 heteroatoms. The summed E-state index contributed by atoms with van der Waals surface area (Å²) in [5, 5.41) is 3.40. The Balaban J connectivity index is 1.57. The second-order valence-corrected chi connectivity index (χ2v) is 8.61. The average molecular weight is 450 g/mol. The predicted molar refractivity (Wildman–Crippen MR) is 127 cm³/mol. The minimum absolute atomic E-state index is 0.102. The minimum Gasteiger partial charge on any atom is -0.325 e. The van der Waals surface area contributed by atoms with Crippen LogP contribution >= 0.6 is 23.4 Å². The molecule has 1 aliphatic heterocycles. The normalized spacial score (nSPS) is 17.6. The number of para-hydroxylation sites is 1. The van der Waals surface area contributed by atoms with Crippen LogP contribution in [0, 0.1) is 0 Å². The second kappa shape index (κ2) is 9.81. The molecule has 0 aromatic heterocycles. The molecule has 0 aliphatic carbocycles. The Morgan fingerprint density at radius 3 is 2.32 bits per heavy atom. The van der Waals surface area contributed by atoms with Gasteiger partial charge in [-0.1, -0.05) is 71.9 Å². The number of anilines is 1. The molecule has 4 rings (SSSR count). The fourth-order valence-electron chi connectivity index (χ4n) is 3.13. The molecule has 1 aliphatic rings. The number of nitrogens with one attached hydrogen (secondary N) is 1. The number of aliphatic imine (C=N–C) groups is 1. The molecule has 156 valence electrons. The van der Waals surface area contributed by atoms with Crippen LogP contribution in [0.1, 0.15) is 12.0 Å². The van der Waals surface area contributed by atoms with Gasteiger partial charge in [-0.05, 0) is 42.0 Å². The lowest BCUT2D eigenvalue weighted by Gasteiger charge is -2.32. The molecule has 31 heavy (non-hydrogen) atoms. The van der Waals surface area contributed by atoms with Gasteiger partial charge in [0.15, 0.2) is 5.17 Å². The molecule has 3 aromatic rings. The highest BCUT2D eigenvalue weighted by Crippen LogP contribution is 2.31. The summed E-state index contributed by atoms with van der Waals surface area (Å²) < 4.78 is 0. The van der Waals surface area contributed by atoms with Gasteiger partial charge in [-0.2, -0.15) is 0 Å². The highest BCUT2D eigenvalue weighted by atomic mass is 35.5. The Bertz CT molecular complexity index is 1090. The maximum absolute atomic E-state index is 13.0. The first kappa shape index (κ1) is 21.2. The molecule has 0 saturated carbocycles. The molecule has 5 nitrogen and oxygen atoms in total. The molecule has 0 spiro atoms. The Morgan fingerprint density at radius 2 is 1.65 bits per heavy atom. The van der Waals surface area contributed by atoms with Crippen LogP contribution in [0.3, 0.4) is 0 Å². The zero-order valence-corrected chi connectivity index (χ0v) is 18.1. The van der Waals surface area contributed by atoms with Crippen molar-refractivity contribution < 1.29 is 9.59 Å². The maximum Gasteiger partial charge on any atom is 0.238 e. The van der Waals surface area contributed by atoms with Crippen molar-refractivity contribution >= 4 is 51.7 Å². The van der Waals surface area contributed by atoms with E-state index in [2.05, 4.69) is 10.3 Å². The number of carbonyl (C=O) groups excluding carboxylic acids is 2. The Morgan fingerprint density at radius 1 is 1.00 bits per heavy atom. The van der Waals surface area contributed by atoms with Gasteiger partial charge in [0, 0.05) is 17.1 Å². The van der Waals surface area contributed by atoms with E-state index in [1.54, 1.807) is 29.2 Å². The molecule has 0 radical (unpaired) electrons. The van der Waals surface area contributed by atoms with Gasteiger partial charge in [0.05, 0.1) is 12.2 Å². The first-order valence-electron chi connectivity index (χ1n) is 9.79. The lowest BCUT2D eigenvalue weighted by Crippen LogP contribution is -2.44. The van der Waals surface area contributed by atoms with E-state index in [-0.39, 0.29) is 18.2 Å². The third kappa shape index (κ3) is 5.54. The quantitative estimate of drug-likeness (QED) is 0.559. The fraction of sp³-hybridized carbons (Fsp3) is 0.125. The van der Waals surface area contributed by atoms with E-state index in [4.69, 9.17) is 11.6 Å². The van der Waals surface area contributed by atoms with Gasteiger partial charge < -0.3 is 5.32 Å². The first-order chi connectivity index (χ1) is 15.1. The first-order valence-corrected chi connectivity index (χ1v) is 11.1. The molecule has 1 atom stereocenters. The molecule has 1 fully saturated rings. The average Bonchev–Trinajstić information content (AvgIpc) is 2.79. The summed E-state index contributed by atoms with van der Waals surface area (Å²) in [5.74, 6) is -0.366. The Hall–Kier alpha value is -3.09. The summed E-state index contributed by atoms with van der Waals surface area (Å²) in [6, 6.07) is 26.1. The van der Waals surface area contributed by atoms with Gasteiger partial charge >= 0.3 is 0 Å². The smallest absolute Gasteiger partial charge is 0.238 e. The summed E-state index contributed by atoms with van der Waals surface area (Å²) in [4.78, 5) is 32.3. The van der Waals surface area contributed by atoms with Crippen LogP contribution < -0.4 is 5.32 Å². The second-order valence-electron chi connectivity index (χ2n) is 7.00. The number of halogens is 1. The number of amidine groups is 1. The van der Waals surface area contributed by atoms with E-state index in [9.17, 15) is 9.59 Å². The number of hydrogen-bond acceptors (Lipinski definition) is 4. The lowest BCUT2D eigenvalue weighted by atomic mass is 10.2. The maximum atomic E-state index is 13.0. The van der Waals surface area contributed by atoms with Gasteiger partial charge in [-0.3, -0.25) is 14.5 Å². The Kier molecular flexibility index (Phi) is 6.70. The monoisotopic (exact) mass is 449 g/mol. The van der Waals surface area contributed by atoms with Crippen molar-refractivity contribution in [2.45, 2.75) is 18.2 Å². The molecule has 1 heterocycles. The zero-order valence-electron chi connectivity index (χ0n) is 16.6. The van der Waals surface area contributed by atoms with Gasteiger partial charge in [0.25, 0.3) is 0 Å². The van der Waals surface area contributed by atoms with Crippen LogP contribution in [-0.4, -0.2) is 27.1 Å². The Labute approximate surface area is 190 Å². The van der Waals surface area contributed by atoms with Crippen LogP contribution in [0.15, 0.2) is 89.9 Å². The number of benzene rings is 3. The largest absolute Gasteiger partial charge is 0.325 e. The summed E-state index contributed by atoms with van der Waals surface area (Å²) in [6.07, 6.45) is 0.102. The number of amides is 2. The highest BCUT2D eigenvalue weighted by Gasteiger charge is 2.36. The predicted octanol–water partition coefficient (Wildman–Crippen LogP) is 5.50. The van der Waals surface area contributed by atoms with E-state index in [1.807, 2.05) is 60.7 Å². The molecule has 1 unspecified atom stereocenters. The molecule has 1 N–H and O–H groups in total. The third-order valence-corrected chi connectivity index (χ3v) is 6.15. The number of hydrogen-bond donors (Lipinski definition) is 1. The van der Waals surface area contributed by atoms with Crippen LogP contribution in [-0.2, 0) is 16.1 Å². The van der Waals surface area contributed by atoms with E-state index in [0.717, 1.165) is 11.3 Å². The van der Waals surface area contributed by atoms with Crippen LogP contribution in [0.4, 0.5) is 11.4 Å². The molecular formula is C24H20ClN3O2S. The molecule has 1 saturated heterocycles. The lowest BCUT2D eigenvalue weighted by molar-refractivity contribution is -0.129. The van der Waals surface area contributed by atoms with E-state index in [1.165, 1.54) is 11.8 Å². The van der Waals surface area contributed by atoms with Crippen molar-refractivity contribution in [2.75, 3.05) is 5.32 Å². The van der Waals surface area contributed by atoms with E-state index < -0.39 is 5.25 Å². The summed E-state index contributed by atoms with van der Waals surface area (Å²) in [7, 11) is 0. The molecule has 2 amide bonds. The van der Waals surface area contributed by atoms with E-state index >= 15 is 0 Å². The van der Waals surface area contributed by atoms with Crippen molar-refractivity contribution in [1.82, 2.24) is 4.90 Å². The van der Waals surface area contributed by atoms with Gasteiger partial charge in [0.2, 0.25) is 11.8 Å². The highest BCUT2D eigenvalue weighted by molar-refractivity contribution is 8.15. The summed E-state index contributed by atoms with van der Waals surface area (Å²) in [5.41, 5.74) is 2.37. The van der Waals surface area contributed by atoms with Crippen molar-refractivity contribution in [2.24, 2.45) is 4.99 Å². The van der Waals surface area contributed by atoms with Crippen molar-refractivity contribution in [3.05, 3.63) is 95.5 Å². The topological polar surface area (TPSA) is 61.8 Å². The van der Waals surface area contributed by atoms with Gasteiger partial charge in [-0.15, -0.1) is 0 Å². The minimum atomic E-state index is -0.572. The number of carbonyl (C=O) groups is 2. The van der Waals surface area contributed by atoms with Crippen LogP contribution in [0.5, 0.6) is 0 Å². The standard InChI is InChI=1S/C24H20ClN3O2S/c25-18-11-13-20(14-12-18)26-23(30)21-15-22(29)28(16-17-7-3-1-4-8-17)24(31-21)27-19-9-5-2-6-10-19/h1-14,21H,15-16H2,(H,26,30). The van der Waals surface area contributed by atoms with E-state index in [0.29, 0.717) is 22.4 Å². The van der Waals surface area contributed by atoms with Gasteiger partial charge in [0.1, 0.15) is 5.25 Å². The number of thioether (sulfide) groups is 1. The summed E-state index contributed by atoms with van der Waals surface area (Å²) in [6.45, 7) is 0.407. The third-order valence-electron chi connectivity index (χ3n) is 4.71. The fourth-order valence-corrected chi connectivity index (χ4v) is 4.36. The van der Waals surface area contributed by atoms with Crippen molar-refractivity contribution in [3.8, 4) is 0 Å². The summed E-state index contributed by atoms with van der Waals surface area (Å²) >= 11 is 7.22. The molecule has 3 aromatic carbocycles. The number of nitrogens with zero attached hydrogens (tertiary/aromatic N) is 2. The van der Waals surface area contributed by atoms with Crippen LogP contribution in [0.25, 0.3) is 0 Å². The molecular weight excluding hydrogens is 430 g/mol. The van der Waals surface area contributed by atoms with Crippen molar-refractivity contribution in [1.29, 1.82) is 0 Å². The zero-order chi connectivity index (χ0) is 21.6. The number of rotatable bonds is 5. The molecule has 0 bridgehead atoms. The SMILES string of the molecule is O=C(Nc1ccc(Cl)cc1)C1CC(=O)N(Cc2ccccc2)C(=Nc2ccccc2)S1. The van der Waals surface area contributed by atoms with Gasteiger partial charge in [-0.25, -0.2) is 4.99 Å². The van der Waals surface area contributed by atoms with Crippen LogP contribution in [0.2, 0.25) is 5.02 Å². The van der Waals surface area contributed by atoms with Crippen molar-refractivity contribution in [3.63, 3.8) is 0 Å².